The van der Waals surface area contributed by atoms with E-state index in [1.165, 1.54) is 0 Å². The van der Waals surface area contributed by atoms with E-state index in [9.17, 15) is 0 Å². The van der Waals surface area contributed by atoms with Crippen LogP contribution in [0, 0.1) is 3.57 Å². The number of hydrogen-bond acceptors (Lipinski definition) is 5. The summed E-state index contributed by atoms with van der Waals surface area (Å²) in [4.78, 5) is 9.02. The molecule has 0 aliphatic heterocycles. The molecule has 5 nitrogen and oxygen atoms in total. The zero-order chi connectivity index (χ0) is 13.4. The van der Waals surface area contributed by atoms with Gasteiger partial charge in [0.15, 0.2) is 0 Å². The maximum atomic E-state index is 5.33. The summed E-state index contributed by atoms with van der Waals surface area (Å²) < 4.78 is 11.5. The fourth-order valence-corrected chi connectivity index (χ4v) is 2.07. The standard InChI is InChI=1S/C12H20IN3O2/c1-4-14-12-11(13)9(8-17-3)15-10(16-12)6-7-18-5-2/h4-8H2,1-3H3,(H,14,15,16). The van der Waals surface area contributed by atoms with E-state index in [0.29, 0.717) is 13.2 Å². The van der Waals surface area contributed by atoms with Gasteiger partial charge in [-0.25, -0.2) is 9.97 Å². The third-order valence-electron chi connectivity index (χ3n) is 2.27. The van der Waals surface area contributed by atoms with Crippen molar-refractivity contribution in [3.63, 3.8) is 0 Å². The molecule has 18 heavy (non-hydrogen) atoms. The van der Waals surface area contributed by atoms with Gasteiger partial charge in [-0.2, -0.15) is 0 Å². The molecule has 0 saturated heterocycles. The second kappa shape index (κ2) is 8.60. The lowest BCUT2D eigenvalue weighted by Crippen LogP contribution is -2.12. The lowest BCUT2D eigenvalue weighted by molar-refractivity contribution is 0.149. The van der Waals surface area contributed by atoms with Gasteiger partial charge in [0.1, 0.15) is 11.6 Å². The fourth-order valence-electron chi connectivity index (χ4n) is 1.48. The molecule has 0 fully saturated rings. The predicted molar refractivity (Wildman–Crippen MR) is 79.8 cm³/mol. The Labute approximate surface area is 122 Å². The van der Waals surface area contributed by atoms with Crippen molar-refractivity contribution in [2.45, 2.75) is 26.9 Å². The Morgan fingerprint density at radius 3 is 2.67 bits per heavy atom. The van der Waals surface area contributed by atoms with Crippen LogP contribution in [0.1, 0.15) is 25.4 Å². The van der Waals surface area contributed by atoms with Gasteiger partial charge in [0.2, 0.25) is 0 Å². The number of nitrogens with one attached hydrogen (secondary N) is 1. The molecule has 1 aromatic heterocycles. The third-order valence-corrected chi connectivity index (χ3v) is 3.40. The first-order valence-electron chi connectivity index (χ1n) is 6.08. The molecule has 0 atom stereocenters. The molecular formula is C12H20IN3O2. The van der Waals surface area contributed by atoms with Crippen molar-refractivity contribution in [3.8, 4) is 0 Å². The molecule has 0 radical (unpaired) electrons. The molecule has 0 spiro atoms. The number of aromatic nitrogens is 2. The topological polar surface area (TPSA) is 56.3 Å². The van der Waals surface area contributed by atoms with Crippen molar-refractivity contribution in [2.24, 2.45) is 0 Å². The summed E-state index contributed by atoms with van der Waals surface area (Å²) in [7, 11) is 1.67. The highest BCUT2D eigenvalue weighted by atomic mass is 127. The van der Waals surface area contributed by atoms with Crippen LogP contribution in [0.3, 0.4) is 0 Å². The van der Waals surface area contributed by atoms with Crippen LogP contribution in [0.4, 0.5) is 5.82 Å². The Kier molecular flexibility index (Phi) is 7.45. The number of nitrogens with zero attached hydrogens (tertiary/aromatic N) is 2. The summed E-state index contributed by atoms with van der Waals surface area (Å²) in [6, 6.07) is 0. The Hall–Kier alpha value is -0.470. The van der Waals surface area contributed by atoms with Crippen LogP contribution >= 0.6 is 22.6 Å². The molecule has 0 amide bonds. The van der Waals surface area contributed by atoms with Gasteiger partial charge in [0.05, 0.1) is 22.5 Å². The van der Waals surface area contributed by atoms with Crippen LogP contribution in [-0.4, -0.2) is 36.8 Å². The molecule has 0 bridgehead atoms. The van der Waals surface area contributed by atoms with Gasteiger partial charge >= 0.3 is 0 Å². The monoisotopic (exact) mass is 365 g/mol. The first-order chi connectivity index (χ1) is 8.72. The van der Waals surface area contributed by atoms with E-state index in [-0.39, 0.29) is 0 Å². The summed E-state index contributed by atoms with van der Waals surface area (Å²) >= 11 is 2.25. The summed E-state index contributed by atoms with van der Waals surface area (Å²) in [5.41, 5.74) is 0.926. The minimum absolute atomic E-state index is 0.501. The van der Waals surface area contributed by atoms with Gasteiger partial charge < -0.3 is 14.8 Å². The molecule has 1 N–H and O–H groups in total. The zero-order valence-electron chi connectivity index (χ0n) is 11.1. The van der Waals surface area contributed by atoms with E-state index in [0.717, 1.165) is 40.5 Å². The van der Waals surface area contributed by atoms with E-state index < -0.39 is 0 Å². The largest absolute Gasteiger partial charge is 0.381 e. The van der Waals surface area contributed by atoms with Gasteiger partial charge in [-0.3, -0.25) is 0 Å². The molecule has 0 aromatic carbocycles. The molecule has 0 unspecified atom stereocenters. The molecule has 1 aromatic rings. The van der Waals surface area contributed by atoms with Crippen LogP contribution in [0.2, 0.25) is 0 Å². The van der Waals surface area contributed by atoms with Crippen LogP contribution < -0.4 is 5.32 Å². The van der Waals surface area contributed by atoms with Gasteiger partial charge in [0.25, 0.3) is 0 Å². The maximum absolute atomic E-state index is 5.33. The summed E-state index contributed by atoms with van der Waals surface area (Å²) in [5, 5.41) is 3.25. The highest BCUT2D eigenvalue weighted by molar-refractivity contribution is 14.1. The van der Waals surface area contributed by atoms with Crippen molar-refractivity contribution in [1.82, 2.24) is 9.97 Å². The number of halogens is 1. The van der Waals surface area contributed by atoms with Crippen LogP contribution in [-0.2, 0) is 22.5 Å². The molecular weight excluding hydrogens is 345 g/mol. The minimum atomic E-state index is 0.501. The number of ether oxygens (including phenoxy) is 2. The summed E-state index contributed by atoms with van der Waals surface area (Å²) in [6.07, 6.45) is 0.722. The minimum Gasteiger partial charge on any atom is -0.381 e. The molecule has 1 heterocycles. The van der Waals surface area contributed by atoms with E-state index in [1.54, 1.807) is 7.11 Å². The normalized spacial score (nSPS) is 10.7. The summed E-state index contributed by atoms with van der Waals surface area (Å²) in [5.74, 6) is 1.68. The lowest BCUT2D eigenvalue weighted by atomic mass is 10.3. The number of rotatable bonds is 8. The molecule has 0 aliphatic rings. The predicted octanol–water partition coefficient (Wildman–Crippen LogP) is 2.24. The highest BCUT2D eigenvalue weighted by Crippen LogP contribution is 2.20. The average Bonchev–Trinajstić information content (AvgIpc) is 2.35. The quantitative estimate of drug-likeness (QED) is 0.566. The molecule has 0 saturated carbocycles. The van der Waals surface area contributed by atoms with Crippen molar-refractivity contribution in [3.05, 3.63) is 15.1 Å². The van der Waals surface area contributed by atoms with Crippen molar-refractivity contribution >= 4 is 28.4 Å². The Morgan fingerprint density at radius 1 is 1.28 bits per heavy atom. The van der Waals surface area contributed by atoms with Crippen LogP contribution in [0.5, 0.6) is 0 Å². The highest BCUT2D eigenvalue weighted by Gasteiger charge is 2.11. The number of methoxy groups -OCH3 is 1. The Bertz CT molecular complexity index is 347. The van der Waals surface area contributed by atoms with E-state index in [4.69, 9.17) is 9.47 Å². The first kappa shape index (κ1) is 15.6. The average molecular weight is 365 g/mol. The van der Waals surface area contributed by atoms with Gasteiger partial charge in [-0.05, 0) is 36.4 Å². The van der Waals surface area contributed by atoms with E-state index >= 15 is 0 Å². The van der Waals surface area contributed by atoms with Gasteiger partial charge in [-0.1, -0.05) is 0 Å². The first-order valence-corrected chi connectivity index (χ1v) is 7.16. The van der Waals surface area contributed by atoms with E-state index in [2.05, 4.69) is 37.9 Å². The van der Waals surface area contributed by atoms with Crippen molar-refractivity contribution < 1.29 is 9.47 Å². The lowest BCUT2D eigenvalue weighted by Gasteiger charge is -2.11. The fraction of sp³-hybridized carbons (Fsp3) is 0.667. The molecule has 0 aliphatic carbocycles. The molecule has 102 valence electrons. The Morgan fingerprint density at radius 2 is 2.06 bits per heavy atom. The van der Waals surface area contributed by atoms with Crippen LogP contribution in [0.15, 0.2) is 0 Å². The van der Waals surface area contributed by atoms with Gasteiger partial charge in [-0.15, -0.1) is 0 Å². The molecule has 1 rings (SSSR count). The smallest absolute Gasteiger partial charge is 0.143 e. The van der Waals surface area contributed by atoms with Crippen molar-refractivity contribution in [1.29, 1.82) is 0 Å². The third kappa shape index (κ3) is 4.66. The second-order valence-electron chi connectivity index (χ2n) is 3.66. The maximum Gasteiger partial charge on any atom is 0.143 e. The summed E-state index contributed by atoms with van der Waals surface area (Å²) in [6.45, 7) is 6.73. The Balaban J connectivity index is 2.88. The van der Waals surface area contributed by atoms with E-state index in [1.807, 2.05) is 13.8 Å². The van der Waals surface area contributed by atoms with Gasteiger partial charge in [0, 0.05) is 26.7 Å². The zero-order valence-corrected chi connectivity index (χ0v) is 13.3. The van der Waals surface area contributed by atoms with Crippen molar-refractivity contribution in [2.75, 3.05) is 32.2 Å². The number of anilines is 1. The second-order valence-corrected chi connectivity index (χ2v) is 4.74. The molecule has 6 heteroatoms. The van der Waals surface area contributed by atoms with Crippen LogP contribution in [0.25, 0.3) is 0 Å². The number of hydrogen-bond donors (Lipinski definition) is 1. The SMILES string of the molecule is CCNc1nc(CCOCC)nc(COC)c1I.